The second kappa shape index (κ2) is 8.58. The van der Waals surface area contributed by atoms with E-state index in [1.807, 2.05) is 6.92 Å². The minimum Gasteiger partial charge on any atom is -0.462 e. The molecule has 164 valence electrons. The third kappa shape index (κ3) is 5.24. The molecular weight excluding hydrogens is 493 g/mol. The molecule has 1 aromatic heterocycles. The van der Waals surface area contributed by atoms with Crippen LogP contribution in [0.2, 0.25) is 18.1 Å². The number of carbonyl (C=O) groups excluding carboxylic acids is 1. The summed E-state index contributed by atoms with van der Waals surface area (Å²) in [6, 6.07) is 0. The van der Waals surface area contributed by atoms with Crippen LogP contribution in [0.3, 0.4) is 0 Å². The van der Waals surface area contributed by atoms with Crippen LogP contribution < -0.4 is 0 Å². The number of nitrogens with zero attached hydrogens (tertiary/aromatic N) is 1. The van der Waals surface area contributed by atoms with Crippen molar-refractivity contribution in [3.8, 4) is 0 Å². The molecule has 6 heteroatoms. The summed E-state index contributed by atoms with van der Waals surface area (Å²) in [6.07, 6.45) is 1.80. The van der Waals surface area contributed by atoms with Crippen LogP contribution in [0.25, 0.3) is 0 Å². The molecule has 0 unspecified atom stereocenters. The SMILES string of the molecule is CCOC(=O)c1c(C(C)C)nc2c(c1I)[C@@H](O[Si](C)(C)C(C)(C)C)CC(C)(C)C2. The average Bonchev–Trinajstić information content (AvgIpc) is 2.51. The van der Waals surface area contributed by atoms with Crippen LogP contribution in [0.4, 0.5) is 0 Å². The number of carbonyl (C=O) groups is 1. The van der Waals surface area contributed by atoms with Gasteiger partial charge in [-0.3, -0.25) is 4.98 Å². The number of hydrogen-bond donors (Lipinski definition) is 0. The highest BCUT2D eigenvalue weighted by Gasteiger charge is 2.44. The third-order valence-corrected chi connectivity index (χ3v) is 11.9. The highest BCUT2D eigenvalue weighted by atomic mass is 127. The second-order valence-electron chi connectivity index (χ2n) is 10.8. The zero-order valence-electron chi connectivity index (χ0n) is 19.8. The first-order valence-corrected chi connectivity index (χ1v) is 14.7. The number of rotatable bonds is 5. The van der Waals surface area contributed by atoms with E-state index in [0.29, 0.717) is 12.2 Å². The molecule has 2 rings (SSSR count). The standard InChI is InChI=1S/C23H38INO3Si/c1-11-27-21(26)18-19(24)17-15(25-20(18)14(2)3)12-23(7,8)13-16(17)28-29(9,10)22(4,5)6/h14,16H,11-13H2,1-10H3/t16-/m0/s1. The molecule has 0 fully saturated rings. The van der Waals surface area contributed by atoms with E-state index in [2.05, 4.69) is 84.2 Å². The molecule has 0 bridgehead atoms. The Morgan fingerprint density at radius 3 is 2.38 bits per heavy atom. The Morgan fingerprint density at radius 2 is 1.90 bits per heavy atom. The van der Waals surface area contributed by atoms with Crippen molar-refractivity contribution in [2.75, 3.05) is 6.61 Å². The second-order valence-corrected chi connectivity index (χ2v) is 16.7. The summed E-state index contributed by atoms with van der Waals surface area (Å²) in [4.78, 5) is 17.9. The van der Waals surface area contributed by atoms with E-state index in [0.717, 1.165) is 33.4 Å². The number of halogens is 1. The maximum atomic E-state index is 12.9. The molecule has 0 saturated heterocycles. The summed E-state index contributed by atoms with van der Waals surface area (Å²) in [5, 5.41) is 0.120. The summed E-state index contributed by atoms with van der Waals surface area (Å²) < 4.78 is 13.3. The lowest BCUT2D eigenvalue weighted by Gasteiger charge is -2.44. The van der Waals surface area contributed by atoms with Crippen molar-refractivity contribution in [2.45, 2.75) is 98.4 Å². The summed E-state index contributed by atoms with van der Waals surface area (Å²) in [7, 11) is -1.99. The Balaban J connectivity index is 2.70. The van der Waals surface area contributed by atoms with Crippen molar-refractivity contribution in [2.24, 2.45) is 5.41 Å². The number of ether oxygens (including phenoxy) is 1. The van der Waals surface area contributed by atoms with Gasteiger partial charge in [0, 0.05) is 14.8 Å². The van der Waals surface area contributed by atoms with Crippen LogP contribution in [0.15, 0.2) is 0 Å². The van der Waals surface area contributed by atoms with Gasteiger partial charge < -0.3 is 9.16 Å². The Morgan fingerprint density at radius 1 is 1.31 bits per heavy atom. The fourth-order valence-electron chi connectivity index (χ4n) is 3.67. The zero-order chi connectivity index (χ0) is 22.4. The highest BCUT2D eigenvalue weighted by molar-refractivity contribution is 14.1. The Bertz CT molecular complexity index is 781. The van der Waals surface area contributed by atoms with Gasteiger partial charge in [0.15, 0.2) is 8.32 Å². The van der Waals surface area contributed by atoms with Gasteiger partial charge in [0.1, 0.15) is 0 Å². The Kier molecular flexibility index (Phi) is 7.33. The summed E-state index contributed by atoms with van der Waals surface area (Å²) in [6.45, 7) is 22.4. The van der Waals surface area contributed by atoms with Gasteiger partial charge in [-0.2, -0.15) is 0 Å². The number of pyridine rings is 1. The highest BCUT2D eigenvalue weighted by Crippen LogP contribution is 2.49. The molecule has 0 amide bonds. The zero-order valence-corrected chi connectivity index (χ0v) is 23.0. The van der Waals surface area contributed by atoms with Gasteiger partial charge in [-0.1, -0.05) is 48.5 Å². The van der Waals surface area contributed by atoms with Crippen molar-refractivity contribution in [1.29, 1.82) is 0 Å². The minimum atomic E-state index is -1.99. The van der Waals surface area contributed by atoms with E-state index in [9.17, 15) is 4.79 Å². The molecule has 1 aromatic rings. The van der Waals surface area contributed by atoms with Gasteiger partial charge in [-0.05, 0) is 71.8 Å². The summed E-state index contributed by atoms with van der Waals surface area (Å²) in [5.74, 6) is -0.121. The number of esters is 1. The topological polar surface area (TPSA) is 48.4 Å². The van der Waals surface area contributed by atoms with Crippen LogP contribution in [-0.2, 0) is 15.6 Å². The van der Waals surface area contributed by atoms with E-state index in [4.69, 9.17) is 14.1 Å². The van der Waals surface area contributed by atoms with E-state index in [1.165, 1.54) is 0 Å². The molecular formula is C23H38INO3Si. The summed E-state index contributed by atoms with van der Waals surface area (Å²) in [5.41, 5.74) is 3.78. The van der Waals surface area contributed by atoms with E-state index in [-0.39, 0.29) is 28.4 Å². The fourth-order valence-corrected chi connectivity index (χ4v) is 6.10. The van der Waals surface area contributed by atoms with Gasteiger partial charge in [-0.25, -0.2) is 4.79 Å². The molecule has 0 radical (unpaired) electrons. The van der Waals surface area contributed by atoms with E-state index >= 15 is 0 Å². The normalized spacial score (nSPS) is 19.2. The summed E-state index contributed by atoms with van der Waals surface area (Å²) >= 11 is 2.33. The lowest BCUT2D eigenvalue weighted by molar-refractivity contribution is 0.0521. The van der Waals surface area contributed by atoms with Crippen molar-refractivity contribution in [1.82, 2.24) is 4.98 Å². The number of fused-ring (bicyclic) bond motifs is 1. The van der Waals surface area contributed by atoms with E-state index < -0.39 is 8.32 Å². The van der Waals surface area contributed by atoms with Crippen molar-refractivity contribution < 1.29 is 14.0 Å². The van der Waals surface area contributed by atoms with Gasteiger partial charge in [0.25, 0.3) is 0 Å². The smallest absolute Gasteiger partial charge is 0.341 e. The molecule has 0 aliphatic heterocycles. The van der Waals surface area contributed by atoms with Crippen molar-refractivity contribution >= 4 is 36.9 Å². The molecule has 1 atom stereocenters. The molecule has 0 N–H and O–H groups in total. The van der Waals surface area contributed by atoms with Gasteiger partial charge in [-0.15, -0.1) is 0 Å². The van der Waals surface area contributed by atoms with Gasteiger partial charge in [0.05, 0.1) is 24.0 Å². The average molecular weight is 532 g/mol. The lowest BCUT2D eigenvalue weighted by atomic mass is 9.74. The first-order chi connectivity index (χ1) is 13.1. The van der Waals surface area contributed by atoms with Crippen LogP contribution in [0.1, 0.15) is 101 Å². The predicted molar refractivity (Wildman–Crippen MR) is 130 cm³/mol. The van der Waals surface area contributed by atoms with Crippen LogP contribution in [0, 0.1) is 8.99 Å². The molecule has 0 saturated carbocycles. The van der Waals surface area contributed by atoms with Gasteiger partial charge >= 0.3 is 5.97 Å². The molecule has 0 aromatic carbocycles. The quantitative estimate of drug-likeness (QED) is 0.233. The largest absolute Gasteiger partial charge is 0.462 e. The van der Waals surface area contributed by atoms with Crippen LogP contribution in [0.5, 0.6) is 0 Å². The first kappa shape index (κ1) is 24.8. The Hall–Kier alpha value is -0.473. The van der Waals surface area contributed by atoms with Crippen molar-refractivity contribution in [3.63, 3.8) is 0 Å². The van der Waals surface area contributed by atoms with Crippen LogP contribution in [-0.4, -0.2) is 25.9 Å². The molecule has 1 aliphatic rings. The maximum absolute atomic E-state index is 12.9. The number of hydrogen-bond acceptors (Lipinski definition) is 4. The van der Waals surface area contributed by atoms with Crippen molar-refractivity contribution in [3.05, 3.63) is 26.1 Å². The molecule has 0 spiro atoms. The minimum absolute atomic E-state index is 0.0385. The molecule has 1 heterocycles. The van der Waals surface area contributed by atoms with Gasteiger partial charge in [0.2, 0.25) is 0 Å². The Labute approximate surface area is 191 Å². The monoisotopic (exact) mass is 531 g/mol. The number of aromatic nitrogens is 1. The lowest BCUT2D eigenvalue weighted by Crippen LogP contribution is -2.44. The van der Waals surface area contributed by atoms with Crippen LogP contribution >= 0.6 is 22.6 Å². The first-order valence-electron chi connectivity index (χ1n) is 10.7. The predicted octanol–water partition coefficient (Wildman–Crippen LogP) is 7.02. The fraction of sp³-hybridized carbons (Fsp3) is 0.739. The van der Waals surface area contributed by atoms with E-state index in [1.54, 1.807) is 0 Å². The molecule has 29 heavy (non-hydrogen) atoms. The maximum Gasteiger partial charge on any atom is 0.341 e. The third-order valence-electron chi connectivity index (χ3n) is 6.25. The molecule has 1 aliphatic carbocycles. The molecule has 4 nitrogen and oxygen atoms in total.